The van der Waals surface area contributed by atoms with Crippen LogP contribution in [-0.2, 0) is 0 Å². The van der Waals surface area contributed by atoms with E-state index in [0.29, 0.717) is 17.9 Å². The summed E-state index contributed by atoms with van der Waals surface area (Å²) in [5.74, 6) is 0.0358. The maximum absolute atomic E-state index is 11.3. The molecule has 0 atom stereocenters. The first kappa shape index (κ1) is 12.8. The second-order valence-corrected chi connectivity index (χ2v) is 5.03. The quantitative estimate of drug-likeness (QED) is 0.831. The van der Waals surface area contributed by atoms with E-state index in [2.05, 4.69) is 4.98 Å². The fraction of sp³-hybridized carbons (Fsp3) is 0.538. The van der Waals surface area contributed by atoms with Gasteiger partial charge in [0.25, 0.3) is 5.91 Å². The van der Waals surface area contributed by atoms with Crippen molar-refractivity contribution in [2.45, 2.75) is 31.3 Å². The van der Waals surface area contributed by atoms with Crippen molar-refractivity contribution in [3.8, 4) is 0 Å². The minimum Gasteiger partial charge on any atom is -0.388 e. The summed E-state index contributed by atoms with van der Waals surface area (Å²) in [6.07, 6.45) is 5.33. The van der Waals surface area contributed by atoms with E-state index in [9.17, 15) is 9.90 Å². The molecule has 1 fully saturated rings. The average Bonchev–Trinajstić information content (AvgIpc) is 2.75. The highest BCUT2D eigenvalue weighted by Crippen LogP contribution is 2.31. The monoisotopic (exact) mass is 249 g/mol. The molecule has 0 unspecified atom stereocenters. The van der Waals surface area contributed by atoms with Crippen molar-refractivity contribution in [3.05, 3.63) is 23.9 Å². The number of nitrogens with zero attached hydrogens (tertiary/aromatic N) is 2. The summed E-state index contributed by atoms with van der Waals surface area (Å²) in [4.78, 5) is 17.3. The molecule has 18 heavy (non-hydrogen) atoms. The van der Waals surface area contributed by atoms with E-state index in [0.717, 1.165) is 25.7 Å². The van der Waals surface area contributed by atoms with Crippen LogP contribution in [0.3, 0.4) is 0 Å². The van der Waals surface area contributed by atoms with Crippen molar-refractivity contribution < 1.29 is 9.90 Å². The highest BCUT2D eigenvalue weighted by Gasteiger charge is 2.33. The maximum Gasteiger partial charge on any atom is 0.252 e. The number of carbonyl (C=O) groups is 1. The van der Waals surface area contributed by atoms with Gasteiger partial charge in [-0.15, -0.1) is 0 Å². The Labute approximate surface area is 107 Å². The molecule has 0 bridgehead atoms. The number of primary amides is 1. The number of rotatable bonds is 4. The second-order valence-electron chi connectivity index (χ2n) is 5.03. The lowest BCUT2D eigenvalue weighted by Crippen LogP contribution is -2.40. The molecule has 0 aliphatic heterocycles. The first-order valence-corrected chi connectivity index (χ1v) is 6.20. The molecule has 5 heteroatoms. The molecule has 5 nitrogen and oxygen atoms in total. The zero-order chi connectivity index (χ0) is 13.2. The summed E-state index contributed by atoms with van der Waals surface area (Å²) in [7, 11) is 1.82. The van der Waals surface area contributed by atoms with Crippen molar-refractivity contribution in [1.82, 2.24) is 4.98 Å². The van der Waals surface area contributed by atoms with Crippen molar-refractivity contribution in [2.24, 2.45) is 5.73 Å². The lowest BCUT2D eigenvalue weighted by atomic mass is 10.0. The molecule has 1 aliphatic carbocycles. The summed E-state index contributed by atoms with van der Waals surface area (Å²) < 4.78 is 0. The van der Waals surface area contributed by atoms with Gasteiger partial charge in [-0.25, -0.2) is 4.98 Å². The summed E-state index contributed by atoms with van der Waals surface area (Å²) in [5, 5.41) is 10.4. The van der Waals surface area contributed by atoms with Crippen LogP contribution in [0.2, 0.25) is 0 Å². The van der Waals surface area contributed by atoms with E-state index in [1.807, 2.05) is 11.9 Å². The van der Waals surface area contributed by atoms with E-state index >= 15 is 0 Å². The van der Waals surface area contributed by atoms with Crippen molar-refractivity contribution in [1.29, 1.82) is 0 Å². The van der Waals surface area contributed by atoms with Crippen molar-refractivity contribution in [2.75, 3.05) is 18.5 Å². The smallest absolute Gasteiger partial charge is 0.252 e. The van der Waals surface area contributed by atoms with Crippen LogP contribution in [0.5, 0.6) is 0 Å². The Bertz CT molecular complexity index is 442. The first-order valence-electron chi connectivity index (χ1n) is 6.20. The fourth-order valence-corrected chi connectivity index (χ4v) is 2.60. The Morgan fingerprint density at radius 3 is 2.83 bits per heavy atom. The second kappa shape index (κ2) is 4.94. The Morgan fingerprint density at radius 2 is 2.22 bits per heavy atom. The van der Waals surface area contributed by atoms with Gasteiger partial charge in [-0.1, -0.05) is 12.8 Å². The van der Waals surface area contributed by atoms with Crippen LogP contribution in [0.1, 0.15) is 36.0 Å². The molecule has 1 heterocycles. The highest BCUT2D eigenvalue weighted by atomic mass is 16.3. The van der Waals surface area contributed by atoms with Crippen molar-refractivity contribution >= 4 is 11.7 Å². The van der Waals surface area contributed by atoms with Gasteiger partial charge in [-0.2, -0.15) is 0 Å². The number of nitrogens with two attached hydrogens (primary N) is 1. The van der Waals surface area contributed by atoms with Crippen LogP contribution >= 0.6 is 0 Å². The molecule has 0 radical (unpaired) electrons. The van der Waals surface area contributed by atoms with Crippen LogP contribution in [0.15, 0.2) is 18.3 Å². The van der Waals surface area contributed by atoms with Crippen LogP contribution in [0.4, 0.5) is 5.82 Å². The molecule has 1 aliphatic rings. The molecule has 3 N–H and O–H groups in total. The SMILES string of the molecule is CN(CC1(O)CCCC1)c1ncccc1C(N)=O. The molecule has 1 aromatic rings. The molecule has 0 aromatic carbocycles. The third kappa shape index (κ3) is 2.61. The summed E-state index contributed by atoms with van der Waals surface area (Å²) >= 11 is 0. The van der Waals surface area contributed by atoms with Gasteiger partial charge in [0.2, 0.25) is 0 Å². The Hall–Kier alpha value is -1.62. The number of aromatic nitrogens is 1. The molecule has 98 valence electrons. The van der Waals surface area contributed by atoms with Crippen LogP contribution in [-0.4, -0.2) is 35.2 Å². The zero-order valence-electron chi connectivity index (χ0n) is 10.6. The Morgan fingerprint density at radius 1 is 1.56 bits per heavy atom. The van der Waals surface area contributed by atoms with Gasteiger partial charge >= 0.3 is 0 Å². The molecule has 1 amide bonds. The lowest BCUT2D eigenvalue weighted by molar-refractivity contribution is 0.0557. The van der Waals surface area contributed by atoms with Gasteiger partial charge in [0.05, 0.1) is 11.2 Å². The maximum atomic E-state index is 11.3. The number of anilines is 1. The molecule has 0 saturated heterocycles. The number of hydrogen-bond donors (Lipinski definition) is 2. The zero-order valence-corrected chi connectivity index (χ0v) is 10.6. The number of pyridine rings is 1. The molecular weight excluding hydrogens is 230 g/mol. The Balaban J connectivity index is 2.18. The summed E-state index contributed by atoms with van der Waals surface area (Å²) in [5.41, 5.74) is 5.05. The van der Waals surface area contributed by atoms with E-state index < -0.39 is 11.5 Å². The third-order valence-electron chi connectivity index (χ3n) is 3.48. The van der Waals surface area contributed by atoms with Gasteiger partial charge in [-0.3, -0.25) is 4.79 Å². The summed E-state index contributed by atoms with van der Waals surface area (Å²) in [6.45, 7) is 0.476. The number of carbonyl (C=O) groups excluding carboxylic acids is 1. The molecule has 1 aromatic heterocycles. The van der Waals surface area contributed by atoms with E-state index in [4.69, 9.17) is 5.73 Å². The van der Waals surface area contributed by atoms with Crippen LogP contribution < -0.4 is 10.6 Å². The normalized spacial score (nSPS) is 17.7. The summed E-state index contributed by atoms with van der Waals surface area (Å²) in [6, 6.07) is 3.33. The minimum absolute atomic E-state index is 0.390. The van der Waals surface area contributed by atoms with Crippen LogP contribution in [0, 0.1) is 0 Å². The van der Waals surface area contributed by atoms with E-state index in [1.165, 1.54) is 0 Å². The fourth-order valence-electron chi connectivity index (χ4n) is 2.60. The van der Waals surface area contributed by atoms with Gasteiger partial charge < -0.3 is 15.7 Å². The molecular formula is C13H19N3O2. The van der Waals surface area contributed by atoms with Crippen molar-refractivity contribution in [3.63, 3.8) is 0 Å². The average molecular weight is 249 g/mol. The lowest BCUT2D eigenvalue weighted by Gasteiger charge is -2.30. The van der Waals surface area contributed by atoms with Gasteiger partial charge in [-0.05, 0) is 25.0 Å². The minimum atomic E-state index is -0.665. The first-order chi connectivity index (χ1) is 8.52. The van der Waals surface area contributed by atoms with Gasteiger partial charge in [0.15, 0.2) is 0 Å². The van der Waals surface area contributed by atoms with E-state index in [1.54, 1.807) is 18.3 Å². The van der Waals surface area contributed by atoms with Gasteiger partial charge in [0.1, 0.15) is 5.82 Å². The van der Waals surface area contributed by atoms with E-state index in [-0.39, 0.29) is 0 Å². The molecule has 2 rings (SSSR count). The predicted molar refractivity (Wildman–Crippen MR) is 69.4 cm³/mol. The number of aliphatic hydroxyl groups is 1. The number of amides is 1. The molecule has 0 spiro atoms. The number of hydrogen-bond acceptors (Lipinski definition) is 4. The largest absolute Gasteiger partial charge is 0.388 e. The number of likely N-dealkylation sites (N-methyl/N-ethyl adjacent to an activating group) is 1. The molecule has 1 saturated carbocycles. The van der Waals surface area contributed by atoms with Gasteiger partial charge in [0, 0.05) is 19.8 Å². The Kier molecular flexibility index (Phi) is 3.52. The standard InChI is InChI=1S/C13H19N3O2/c1-16(9-13(18)6-2-3-7-13)12-10(11(14)17)5-4-8-15-12/h4-5,8,18H,2-3,6-7,9H2,1H3,(H2,14,17). The predicted octanol–water partition coefficient (Wildman–Crippen LogP) is 0.922. The highest BCUT2D eigenvalue weighted by molar-refractivity contribution is 5.97. The third-order valence-corrected chi connectivity index (χ3v) is 3.48. The van der Waals surface area contributed by atoms with Crippen LogP contribution in [0.25, 0.3) is 0 Å². The topological polar surface area (TPSA) is 79.4 Å².